The lowest BCUT2D eigenvalue weighted by molar-refractivity contribution is 0.655. The maximum absolute atomic E-state index is 6.30. The van der Waals surface area contributed by atoms with Crippen molar-refractivity contribution in [2.24, 2.45) is 0 Å². The molecule has 142 valence electrons. The molecule has 2 aromatic carbocycles. The van der Waals surface area contributed by atoms with Crippen molar-refractivity contribution in [1.82, 2.24) is 9.97 Å². The second-order valence-electron chi connectivity index (χ2n) is 7.70. The number of aromatic nitrogens is 2. The van der Waals surface area contributed by atoms with Gasteiger partial charge in [0.2, 0.25) is 5.71 Å². The van der Waals surface area contributed by atoms with Gasteiger partial charge in [0.25, 0.3) is 0 Å². The minimum absolute atomic E-state index is 0.663. The predicted molar refractivity (Wildman–Crippen MR) is 119 cm³/mol. The summed E-state index contributed by atoms with van der Waals surface area (Å²) in [7, 11) is 0. The average molecular weight is 378 g/mol. The van der Waals surface area contributed by atoms with E-state index < -0.39 is 0 Å². The third kappa shape index (κ3) is 2.82. The Hall–Kier alpha value is -3.46. The van der Waals surface area contributed by atoms with Crippen LogP contribution in [-0.4, -0.2) is 9.97 Å². The van der Waals surface area contributed by atoms with Gasteiger partial charge < -0.3 is 4.42 Å². The van der Waals surface area contributed by atoms with Crippen molar-refractivity contribution in [3.05, 3.63) is 83.0 Å². The van der Waals surface area contributed by atoms with Gasteiger partial charge >= 0.3 is 0 Å². The second kappa shape index (κ2) is 6.56. The Labute approximate surface area is 170 Å². The summed E-state index contributed by atoms with van der Waals surface area (Å²) in [5.41, 5.74) is 10.2. The quantitative estimate of drug-likeness (QED) is 0.334. The highest BCUT2D eigenvalue weighted by Gasteiger charge is 2.16. The number of rotatable bonds is 2. The fourth-order valence-electron chi connectivity index (χ4n) is 4.02. The maximum atomic E-state index is 6.30. The SMILES string of the molecule is Cc1ccc(-c2cccc3c2oc2nc(-c4c(C)cccc4C)ccc23)nc1C. The minimum atomic E-state index is 0.663. The fraction of sp³-hybridized carbons (Fsp3) is 0.154. The van der Waals surface area contributed by atoms with E-state index in [9.17, 15) is 0 Å². The molecular weight excluding hydrogens is 356 g/mol. The Morgan fingerprint density at radius 1 is 0.621 bits per heavy atom. The molecule has 3 heteroatoms. The lowest BCUT2D eigenvalue weighted by atomic mass is 9.99. The molecule has 0 amide bonds. The Kier molecular flexibility index (Phi) is 3.99. The van der Waals surface area contributed by atoms with Crippen molar-refractivity contribution in [2.75, 3.05) is 0 Å². The predicted octanol–water partition coefficient (Wildman–Crippen LogP) is 6.94. The molecular formula is C26H22N2O. The van der Waals surface area contributed by atoms with Crippen LogP contribution in [0.1, 0.15) is 22.4 Å². The average Bonchev–Trinajstić information content (AvgIpc) is 3.08. The van der Waals surface area contributed by atoms with E-state index in [1.807, 2.05) is 6.92 Å². The lowest BCUT2D eigenvalue weighted by Gasteiger charge is -2.08. The highest BCUT2D eigenvalue weighted by molar-refractivity contribution is 6.08. The van der Waals surface area contributed by atoms with E-state index in [1.165, 1.54) is 22.3 Å². The summed E-state index contributed by atoms with van der Waals surface area (Å²) in [6, 6.07) is 20.9. The van der Waals surface area contributed by atoms with Crippen molar-refractivity contribution in [1.29, 1.82) is 0 Å². The van der Waals surface area contributed by atoms with Crippen molar-refractivity contribution in [3.63, 3.8) is 0 Å². The van der Waals surface area contributed by atoms with Gasteiger partial charge in [-0.3, -0.25) is 4.98 Å². The van der Waals surface area contributed by atoms with Crippen LogP contribution in [0.3, 0.4) is 0 Å². The topological polar surface area (TPSA) is 38.9 Å². The van der Waals surface area contributed by atoms with Gasteiger partial charge in [-0.1, -0.05) is 36.4 Å². The summed E-state index contributed by atoms with van der Waals surface area (Å²) in [4.78, 5) is 9.65. The van der Waals surface area contributed by atoms with E-state index in [0.717, 1.165) is 39.0 Å². The highest BCUT2D eigenvalue weighted by Crippen LogP contribution is 2.36. The number of para-hydroxylation sites is 1. The first-order valence-corrected chi connectivity index (χ1v) is 9.86. The van der Waals surface area contributed by atoms with Gasteiger partial charge in [0.05, 0.1) is 11.4 Å². The largest absolute Gasteiger partial charge is 0.437 e. The molecule has 29 heavy (non-hydrogen) atoms. The van der Waals surface area contributed by atoms with Crippen LogP contribution in [0.25, 0.3) is 44.6 Å². The Morgan fingerprint density at radius 3 is 2.10 bits per heavy atom. The molecule has 0 aliphatic rings. The van der Waals surface area contributed by atoms with E-state index in [4.69, 9.17) is 14.4 Å². The molecule has 0 unspecified atom stereocenters. The van der Waals surface area contributed by atoms with Crippen molar-refractivity contribution in [2.45, 2.75) is 27.7 Å². The summed E-state index contributed by atoms with van der Waals surface area (Å²) >= 11 is 0. The van der Waals surface area contributed by atoms with Crippen LogP contribution in [0.2, 0.25) is 0 Å². The van der Waals surface area contributed by atoms with Crippen LogP contribution < -0.4 is 0 Å². The van der Waals surface area contributed by atoms with E-state index in [1.54, 1.807) is 0 Å². The highest BCUT2D eigenvalue weighted by atomic mass is 16.3. The molecule has 0 radical (unpaired) electrons. The van der Waals surface area contributed by atoms with E-state index in [-0.39, 0.29) is 0 Å². The standard InChI is InChI=1S/C26H22N2O/c1-15-11-13-22(27-18(15)4)21-10-6-9-19-20-12-14-23(28-26(20)29-25(19)21)24-16(2)7-5-8-17(24)3/h5-14H,1-4H3. The lowest BCUT2D eigenvalue weighted by Crippen LogP contribution is -1.90. The number of benzene rings is 2. The van der Waals surface area contributed by atoms with Crippen molar-refractivity contribution in [3.8, 4) is 22.5 Å². The molecule has 0 aliphatic carbocycles. The van der Waals surface area contributed by atoms with Crippen LogP contribution in [0, 0.1) is 27.7 Å². The number of aryl methyl sites for hydroxylation is 4. The van der Waals surface area contributed by atoms with Crippen LogP contribution in [0.5, 0.6) is 0 Å². The van der Waals surface area contributed by atoms with Gasteiger partial charge in [0.1, 0.15) is 5.58 Å². The molecule has 0 bridgehead atoms. The van der Waals surface area contributed by atoms with Crippen molar-refractivity contribution >= 4 is 22.1 Å². The zero-order chi connectivity index (χ0) is 20.1. The maximum Gasteiger partial charge on any atom is 0.227 e. The molecule has 5 rings (SSSR count). The van der Waals surface area contributed by atoms with Gasteiger partial charge in [-0.15, -0.1) is 0 Å². The summed E-state index contributed by atoms with van der Waals surface area (Å²) in [6.45, 7) is 8.36. The van der Waals surface area contributed by atoms with E-state index in [0.29, 0.717) is 5.71 Å². The Balaban J connectivity index is 1.74. The third-order valence-corrected chi connectivity index (χ3v) is 5.73. The van der Waals surface area contributed by atoms with Crippen LogP contribution in [-0.2, 0) is 0 Å². The summed E-state index contributed by atoms with van der Waals surface area (Å²) in [5.74, 6) is 0. The van der Waals surface area contributed by atoms with Gasteiger partial charge in [-0.05, 0) is 68.7 Å². The molecule has 3 heterocycles. The van der Waals surface area contributed by atoms with Crippen LogP contribution >= 0.6 is 0 Å². The number of furan rings is 1. The third-order valence-electron chi connectivity index (χ3n) is 5.73. The zero-order valence-corrected chi connectivity index (χ0v) is 17.1. The summed E-state index contributed by atoms with van der Waals surface area (Å²) in [6.07, 6.45) is 0. The molecule has 0 saturated heterocycles. The Bertz CT molecular complexity index is 1380. The number of nitrogens with zero attached hydrogens (tertiary/aromatic N) is 2. The molecule has 5 aromatic rings. The van der Waals surface area contributed by atoms with Gasteiger partial charge in [-0.25, -0.2) is 4.98 Å². The molecule has 0 N–H and O–H groups in total. The monoisotopic (exact) mass is 378 g/mol. The first-order chi connectivity index (χ1) is 14.0. The first kappa shape index (κ1) is 17.6. The fourth-order valence-corrected chi connectivity index (χ4v) is 4.02. The smallest absolute Gasteiger partial charge is 0.227 e. The van der Waals surface area contributed by atoms with Gasteiger partial charge in [-0.2, -0.15) is 0 Å². The molecule has 0 atom stereocenters. The van der Waals surface area contributed by atoms with Gasteiger partial charge in [0.15, 0.2) is 0 Å². The number of fused-ring (bicyclic) bond motifs is 3. The first-order valence-electron chi connectivity index (χ1n) is 9.86. The normalized spacial score (nSPS) is 11.4. The van der Waals surface area contributed by atoms with E-state index in [2.05, 4.69) is 81.4 Å². The molecule has 3 nitrogen and oxygen atoms in total. The molecule has 0 aliphatic heterocycles. The summed E-state index contributed by atoms with van der Waals surface area (Å²) < 4.78 is 6.30. The van der Waals surface area contributed by atoms with E-state index >= 15 is 0 Å². The number of pyridine rings is 2. The number of hydrogen-bond acceptors (Lipinski definition) is 3. The minimum Gasteiger partial charge on any atom is -0.437 e. The Morgan fingerprint density at radius 2 is 1.34 bits per heavy atom. The van der Waals surface area contributed by atoms with Gasteiger partial charge in [0, 0.05) is 27.6 Å². The number of hydrogen-bond donors (Lipinski definition) is 0. The molecule has 0 spiro atoms. The van der Waals surface area contributed by atoms with Crippen LogP contribution in [0.15, 0.2) is 65.1 Å². The second-order valence-corrected chi connectivity index (χ2v) is 7.70. The molecule has 0 fully saturated rings. The van der Waals surface area contributed by atoms with Crippen molar-refractivity contribution < 1.29 is 4.42 Å². The summed E-state index contributed by atoms with van der Waals surface area (Å²) in [5, 5.41) is 2.10. The zero-order valence-electron chi connectivity index (χ0n) is 17.1. The molecule has 0 saturated carbocycles. The van der Waals surface area contributed by atoms with Crippen LogP contribution in [0.4, 0.5) is 0 Å². The molecule has 3 aromatic heterocycles.